The Hall–Kier alpha value is -3.69. The van der Waals surface area contributed by atoms with Crippen molar-refractivity contribution in [1.29, 1.82) is 0 Å². The summed E-state index contributed by atoms with van der Waals surface area (Å²) in [7, 11) is 0. The molecule has 36 heavy (non-hydrogen) atoms. The molecule has 0 radical (unpaired) electrons. The molecule has 0 amide bonds. The Morgan fingerprint density at radius 2 is 1.50 bits per heavy atom. The minimum absolute atomic E-state index is 0.727. The molecular formula is C20H23F6N5O5. The Morgan fingerprint density at radius 1 is 1.00 bits per heavy atom. The summed E-state index contributed by atoms with van der Waals surface area (Å²) >= 11 is 0. The third-order valence-electron chi connectivity index (χ3n) is 4.13. The van der Waals surface area contributed by atoms with Crippen molar-refractivity contribution in [3.05, 3.63) is 41.9 Å². The number of pyridine rings is 1. The van der Waals surface area contributed by atoms with Gasteiger partial charge in [0.2, 0.25) is 5.95 Å². The minimum atomic E-state index is -5.08. The van der Waals surface area contributed by atoms with Crippen LogP contribution in [0.4, 0.5) is 38.1 Å². The number of nitrogens with zero attached hydrogens (tertiary/aromatic N) is 4. The van der Waals surface area contributed by atoms with Gasteiger partial charge >= 0.3 is 24.3 Å². The fraction of sp³-hybridized carbons (Fsp3) is 0.450. The highest BCUT2D eigenvalue weighted by Crippen LogP contribution is 2.17. The zero-order chi connectivity index (χ0) is 27.4. The molecule has 1 saturated heterocycles. The second-order valence-electron chi connectivity index (χ2n) is 6.81. The standard InChI is InChI=1S/C16H21N5O.2C2HF3O2/c1-2-14-11-15(18-12-13-3-5-17-6-4-13)20-16(19-14)21-7-9-22-10-8-21;2*3-2(4,5)1(6)7/h3-6,11H,2,7-10,12H2,1H3,(H,18,19,20);2*(H,6,7). The van der Waals surface area contributed by atoms with Gasteiger partial charge in [0, 0.05) is 43.8 Å². The van der Waals surface area contributed by atoms with Gasteiger partial charge in [0.1, 0.15) is 5.82 Å². The summed E-state index contributed by atoms with van der Waals surface area (Å²) in [6, 6.07) is 6.01. The molecule has 0 aromatic carbocycles. The monoisotopic (exact) mass is 527 g/mol. The highest BCUT2D eigenvalue weighted by Gasteiger charge is 2.38. The third kappa shape index (κ3) is 11.6. The van der Waals surface area contributed by atoms with Gasteiger partial charge in [0.05, 0.1) is 13.2 Å². The van der Waals surface area contributed by atoms with Crippen LogP contribution in [0.15, 0.2) is 30.6 Å². The first-order valence-corrected chi connectivity index (χ1v) is 10.2. The van der Waals surface area contributed by atoms with Crippen LogP contribution < -0.4 is 10.2 Å². The van der Waals surface area contributed by atoms with Crippen molar-refractivity contribution in [3.8, 4) is 0 Å². The van der Waals surface area contributed by atoms with Gasteiger partial charge in [0.15, 0.2) is 0 Å². The summed E-state index contributed by atoms with van der Waals surface area (Å²) < 4.78 is 68.9. The van der Waals surface area contributed by atoms with E-state index in [0.29, 0.717) is 0 Å². The van der Waals surface area contributed by atoms with Gasteiger partial charge in [0.25, 0.3) is 0 Å². The van der Waals surface area contributed by atoms with Gasteiger partial charge in [-0.1, -0.05) is 6.92 Å². The topological polar surface area (TPSA) is 138 Å². The smallest absolute Gasteiger partial charge is 0.475 e. The number of aromatic nitrogens is 3. The van der Waals surface area contributed by atoms with E-state index in [2.05, 4.69) is 32.1 Å². The number of alkyl halides is 6. The molecule has 2 aromatic rings. The van der Waals surface area contributed by atoms with Crippen LogP contribution in [0.25, 0.3) is 0 Å². The summed E-state index contributed by atoms with van der Waals surface area (Å²) in [4.78, 5) is 33.3. The van der Waals surface area contributed by atoms with E-state index in [1.165, 1.54) is 5.56 Å². The molecule has 3 rings (SSSR count). The van der Waals surface area contributed by atoms with Gasteiger partial charge in [-0.05, 0) is 24.1 Å². The summed E-state index contributed by atoms with van der Waals surface area (Å²) in [6.45, 7) is 6.00. The number of carboxylic acid groups (broad SMARTS) is 2. The fourth-order valence-electron chi connectivity index (χ4n) is 2.35. The van der Waals surface area contributed by atoms with Gasteiger partial charge in [-0.15, -0.1) is 0 Å². The molecule has 16 heteroatoms. The van der Waals surface area contributed by atoms with Crippen LogP contribution >= 0.6 is 0 Å². The molecule has 0 bridgehead atoms. The maximum absolute atomic E-state index is 10.6. The van der Waals surface area contributed by atoms with E-state index < -0.39 is 24.3 Å². The SMILES string of the molecule is CCc1cc(NCc2ccncc2)nc(N2CCOCC2)n1.O=C(O)C(F)(F)F.O=C(O)C(F)(F)F. The number of carbonyl (C=O) groups is 2. The number of anilines is 2. The van der Waals surface area contributed by atoms with Crippen LogP contribution in [0.5, 0.6) is 0 Å². The second kappa shape index (κ2) is 14.0. The first-order chi connectivity index (χ1) is 16.7. The number of rotatable bonds is 5. The summed E-state index contributed by atoms with van der Waals surface area (Å²) in [5.74, 6) is -3.86. The summed E-state index contributed by atoms with van der Waals surface area (Å²) in [5.41, 5.74) is 2.23. The highest BCUT2D eigenvalue weighted by molar-refractivity contribution is 5.73. The first-order valence-electron chi connectivity index (χ1n) is 10.2. The van der Waals surface area contributed by atoms with Crippen LogP contribution in [0.2, 0.25) is 0 Å². The van der Waals surface area contributed by atoms with Gasteiger partial charge in [-0.25, -0.2) is 14.6 Å². The lowest BCUT2D eigenvalue weighted by molar-refractivity contribution is -0.193. The van der Waals surface area contributed by atoms with Crippen molar-refractivity contribution in [2.45, 2.75) is 32.2 Å². The summed E-state index contributed by atoms with van der Waals surface area (Å²) in [6.07, 6.45) is -5.68. The van der Waals surface area contributed by atoms with Crippen LogP contribution in [0.1, 0.15) is 18.2 Å². The average Bonchev–Trinajstić information content (AvgIpc) is 2.83. The largest absolute Gasteiger partial charge is 0.490 e. The van der Waals surface area contributed by atoms with E-state index in [-0.39, 0.29) is 0 Å². The van der Waals surface area contributed by atoms with Gasteiger partial charge in [-0.3, -0.25) is 4.98 Å². The van der Waals surface area contributed by atoms with E-state index in [4.69, 9.17) is 24.5 Å². The van der Waals surface area contributed by atoms with E-state index in [0.717, 1.165) is 56.7 Å². The fourth-order valence-corrected chi connectivity index (χ4v) is 2.35. The van der Waals surface area contributed by atoms with E-state index in [1.54, 1.807) is 12.4 Å². The number of aryl methyl sites for hydroxylation is 1. The maximum atomic E-state index is 10.6. The zero-order valence-electron chi connectivity index (χ0n) is 18.8. The maximum Gasteiger partial charge on any atom is 0.490 e. The molecule has 0 atom stereocenters. The van der Waals surface area contributed by atoms with Crippen LogP contribution in [0.3, 0.4) is 0 Å². The Labute approximate surface area is 200 Å². The summed E-state index contributed by atoms with van der Waals surface area (Å²) in [5, 5.41) is 17.6. The molecule has 0 spiro atoms. The number of aliphatic carboxylic acids is 2. The molecule has 200 valence electrons. The van der Waals surface area contributed by atoms with Gasteiger partial charge in [-0.2, -0.15) is 31.3 Å². The van der Waals surface area contributed by atoms with Gasteiger partial charge < -0.3 is 25.2 Å². The molecule has 3 heterocycles. The van der Waals surface area contributed by atoms with Crippen molar-refractivity contribution in [1.82, 2.24) is 15.0 Å². The molecule has 1 aliphatic rings. The van der Waals surface area contributed by atoms with Crippen molar-refractivity contribution < 1.29 is 50.9 Å². The Morgan fingerprint density at radius 3 is 1.94 bits per heavy atom. The lowest BCUT2D eigenvalue weighted by atomic mass is 10.2. The number of halogens is 6. The number of hydrogen-bond acceptors (Lipinski definition) is 8. The predicted octanol–water partition coefficient (Wildman–Crippen LogP) is 3.15. The highest BCUT2D eigenvalue weighted by atomic mass is 19.4. The van der Waals surface area contributed by atoms with Crippen molar-refractivity contribution >= 4 is 23.7 Å². The Kier molecular flexibility index (Phi) is 11.8. The number of morpholine rings is 1. The van der Waals surface area contributed by atoms with E-state index >= 15 is 0 Å². The molecule has 0 saturated carbocycles. The lowest BCUT2D eigenvalue weighted by Crippen LogP contribution is -2.37. The van der Waals surface area contributed by atoms with E-state index in [1.807, 2.05) is 18.2 Å². The average molecular weight is 527 g/mol. The number of hydrogen-bond donors (Lipinski definition) is 3. The lowest BCUT2D eigenvalue weighted by Gasteiger charge is -2.27. The van der Waals surface area contributed by atoms with E-state index in [9.17, 15) is 26.3 Å². The molecule has 0 unspecified atom stereocenters. The normalized spacial score (nSPS) is 13.5. The molecule has 1 fully saturated rings. The third-order valence-corrected chi connectivity index (χ3v) is 4.13. The predicted molar refractivity (Wildman–Crippen MR) is 113 cm³/mol. The van der Waals surface area contributed by atoms with Crippen LogP contribution in [0, 0.1) is 0 Å². The van der Waals surface area contributed by atoms with Crippen LogP contribution in [-0.2, 0) is 27.3 Å². The first kappa shape index (κ1) is 30.3. The second-order valence-corrected chi connectivity index (χ2v) is 6.81. The number of ether oxygens (including phenoxy) is 1. The molecule has 10 nitrogen and oxygen atoms in total. The quantitative estimate of drug-likeness (QED) is 0.497. The minimum Gasteiger partial charge on any atom is -0.475 e. The molecule has 3 N–H and O–H groups in total. The molecule has 1 aliphatic heterocycles. The Bertz CT molecular complexity index is 946. The number of carboxylic acids is 2. The molecule has 0 aliphatic carbocycles. The zero-order valence-corrected chi connectivity index (χ0v) is 18.8. The van der Waals surface area contributed by atoms with Crippen LogP contribution in [-0.4, -0.2) is 75.8 Å². The van der Waals surface area contributed by atoms with Crippen molar-refractivity contribution in [3.63, 3.8) is 0 Å². The molecular weight excluding hydrogens is 504 g/mol. The number of nitrogens with one attached hydrogen (secondary N) is 1. The van der Waals surface area contributed by atoms with Crippen molar-refractivity contribution in [2.75, 3.05) is 36.5 Å². The van der Waals surface area contributed by atoms with Crippen molar-refractivity contribution in [2.24, 2.45) is 0 Å². The Balaban J connectivity index is 0.000000383. The molecule has 2 aromatic heterocycles.